The number of halogens is 1. The van der Waals surface area contributed by atoms with Crippen LogP contribution in [0.2, 0.25) is 0 Å². The van der Waals surface area contributed by atoms with Crippen LogP contribution in [0.4, 0.5) is 0 Å². The summed E-state index contributed by atoms with van der Waals surface area (Å²) in [7, 11) is 3.29. The SMILES string of the molecule is CCNC(=NCc1ccc(OC)c(OC)c1)NCCCN1CCc2ccccc2C1.I. The lowest BCUT2D eigenvalue weighted by atomic mass is 10.00. The fraction of sp³-hybridized carbons (Fsp3) is 0.458. The van der Waals surface area contributed by atoms with E-state index in [-0.39, 0.29) is 24.0 Å². The van der Waals surface area contributed by atoms with E-state index in [0.29, 0.717) is 6.54 Å². The zero-order chi connectivity index (χ0) is 21.2. The summed E-state index contributed by atoms with van der Waals surface area (Å²) >= 11 is 0. The Morgan fingerprint density at radius 2 is 1.81 bits per heavy atom. The first kappa shape index (κ1) is 25.3. The average Bonchev–Trinajstić information content (AvgIpc) is 2.79. The Morgan fingerprint density at radius 3 is 2.55 bits per heavy atom. The van der Waals surface area contributed by atoms with Crippen LogP contribution in [0.5, 0.6) is 11.5 Å². The van der Waals surface area contributed by atoms with Gasteiger partial charge in [0.05, 0.1) is 20.8 Å². The second kappa shape index (κ2) is 13.4. The molecule has 0 amide bonds. The Morgan fingerprint density at radius 1 is 1.03 bits per heavy atom. The van der Waals surface area contributed by atoms with Crippen molar-refractivity contribution in [1.82, 2.24) is 15.5 Å². The van der Waals surface area contributed by atoms with Gasteiger partial charge in [-0.15, -0.1) is 24.0 Å². The van der Waals surface area contributed by atoms with Crippen LogP contribution >= 0.6 is 24.0 Å². The van der Waals surface area contributed by atoms with Gasteiger partial charge in [0.1, 0.15) is 0 Å². The lowest BCUT2D eigenvalue weighted by molar-refractivity contribution is 0.251. The normalized spacial score (nSPS) is 13.7. The van der Waals surface area contributed by atoms with Gasteiger partial charge in [-0.1, -0.05) is 30.3 Å². The fourth-order valence-corrected chi connectivity index (χ4v) is 3.75. The van der Waals surface area contributed by atoms with Crippen molar-refractivity contribution >= 4 is 29.9 Å². The first-order valence-electron chi connectivity index (χ1n) is 10.8. The molecule has 0 saturated carbocycles. The number of ether oxygens (including phenoxy) is 2. The van der Waals surface area contributed by atoms with E-state index in [1.165, 1.54) is 11.1 Å². The standard InChI is InChI=1S/C24H34N4O2.HI/c1-4-25-24(27-17-19-10-11-22(29-2)23(16-19)30-3)26-13-7-14-28-15-12-20-8-5-6-9-21(20)18-28;/h5-6,8-11,16H,4,7,12-15,17-18H2,1-3H3,(H2,25,26,27);1H. The molecule has 31 heavy (non-hydrogen) atoms. The zero-order valence-electron chi connectivity index (χ0n) is 18.8. The molecule has 2 aromatic carbocycles. The highest BCUT2D eigenvalue weighted by molar-refractivity contribution is 14.0. The first-order valence-corrected chi connectivity index (χ1v) is 10.8. The van der Waals surface area contributed by atoms with Crippen LogP contribution in [-0.4, -0.2) is 51.3 Å². The van der Waals surface area contributed by atoms with Gasteiger partial charge in [-0.2, -0.15) is 0 Å². The molecule has 3 rings (SSSR count). The molecule has 0 aromatic heterocycles. The Hall–Kier alpha value is -2.00. The molecule has 0 aliphatic carbocycles. The highest BCUT2D eigenvalue weighted by Crippen LogP contribution is 2.27. The van der Waals surface area contributed by atoms with Gasteiger partial charge in [-0.25, -0.2) is 4.99 Å². The quantitative estimate of drug-likeness (QED) is 0.220. The third-order valence-corrected chi connectivity index (χ3v) is 5.37. The van der Waals surface area contributed by atoms with Gasteiger partial charge >= 0.3 is 0 Å². The van der Waals surface area contributed by atoms with Crippen molar-refractivity contribution in [2.75, 3.05) is 40.4 Å². The Kier molecular flexibility index (Phi) is 10.9. The summed E-state index contributed by atoms with van der Waals surface area (Å²) < 4.78 is 10.7. The molecule has 170 valence electrons. The average molecular weight is 538 g/mol. The highest BCUT2D eigenvalue weighted by Gasteiger charge is 2.14. The van der Waals surface area contributed by atoms with Crippen LogP contribution in [0.3, 0.4) is 0 Å². The van der Waals surface area contributed by atoms with E-state index in [1.54, 1.807) is 14.2 Å². The topological polar surface area (TPSA) is 58.1 Å². The molecule has 2 aromatic rings. The van der Waals surface area contributed by atoms with E-state index in [9.17, 15) is 0 Å². The van der Waals surface area contributed by atoms with Gasteiger partial charge in [0, 0.05) is 32.7 Å². The number of hydrogen-bond donors (Lipinski definition) is 2. The summed E-state index contributed by atoms with van der Waals surface area (Å²) in [6, 6.07) is 14.7. The number of fused-ring (bicyclic) bond motifs is 1. The maximum Gasteiger partial charge on any atom is 0.191 e. The lowest BCUT2D eigenvalue weighted by Crippen LogP contribution is -2.39. The number of aliphatic imine (C=N–C) groups is 1. The van der Waals surface area contributed by atoms with Crippen molar-refractivity contribution in [1.29, 1.82) is 0 Å². The molecule has 1 aliphatic heterocycles. The Labute approximate surface area is 203 Å². The minimum Gasteiger partial charge on any atom is -0.493 e. The van der Waals surface area contributed by atoms with Gasteiger partial charge in [-0.05, 0) is 48.6 Å². The second-order valence-corrected chi connectivity index (χ2v) is 7.46. The van der Waals surface area contributed by atoms with Crippen molar-refractivity contribution in [2.45, 2.75) is 32.9 Å². The van der Waals surface area contributed by atoms with Gasteiger partial charge in [0.25, 0.3) is 0 Å². The van der Waals surface area contributed by atoms with Crippen molar-refractivity contribution < 1.29 is 9.47 Å². The number of nitrogens with one attached hydrogen (secondary N) is 2. The molecule has 0 bridgehead atoms. The summed E-state index contributed by atoms with van der Waals surface area (Å²) in [5.41, 5.74) is 4.06. The molecule has 2 N–H and O–H groups in total. The third kappa shape index (κ3) is 7.57. The van der Waals surface area contributed by atoms with Crippen LogP contribution in [0, 0.1) is 0 Å². The minimum atomic E-state index is 0. The molecule has 7 heteroatoms. The van der Waals surface area contributed by atoms with Crippen LogP contribution < -0.4 is 20.1 Å². The summed E-state index contributed by atoms with van der Waals surface area (Å²) in [4.78, 5) is 7.25. The van der Waals surface area contributed by atoms with Gasteiger partial charge in [-0.3, -0.25) is 4.90 Å². The lowest BCUT2D eigenvalue weighted by Gasteiger charge is -2.28. The molecule has 0 radical (unpaired) electrons. The second-order valence-electron chi connectivity index (χ2n) is 7.46. The monoisotopic (exact) mass is 538 g/mol. The molecule has 0 atom stereocenters. The van der Waals surface area contributed by atoms with Gasteiger partial charge < -0.3 is 20.1 Å². The number of rotatable bonds is 9. The molecular weight excluding hydrogens is 503 g/mol. The van der Waals surface area contributed by atoms with E-state index in [0.717, 1.165) is 68.6 Å². The van der Waals surface area contributed by atoms with Gasteiger partial charge in [0.2, 0.25) is 0 Å². The largest absolute Gasteiger partial charge is 0.493 e. The van der Waals surface area contributed by atoms with Crippen LogP contribution in [0.15, 0.2) is 47.5 Å². The molecule has 1 heterocycles. The number of guanidine groups is 1. The number of methoxy groups -OCH3 is 2. The van der Waals surface area contributed by atoms with Crippen molar-refractivity contribution in [3.8, 4) is 11.5 Å². The summed E-state index contributed by atoms with van der Waals surface area (Å²) in [6.07, 6.45) is 2.24. The Bertz CT molecular complexity index is 844. The maximum absolute atomic E-state index is 5.38. The highest BCUT2D eigenvalue weighted by atomic mass is 127. The van der Waals surface area contributed by atoms with Crippen LogP contribution in [0.1, 0.15) is 30.0 Å². The smallest absolute Gasteiger partial charge is 0.191 e. The van der Waals surface area contributed by atoms with Crippen molar-refractivity contribution in [3.05, 3.63) is 59.2 Å². The summed E-state index contributed by atoms with van der Waals surface area (Å²) in [5, 5.41) is 6.78. The Balaban J connectivity index is 0.00000341. The summed E-state index contributed by atoms with van der Waals surface area (Å²) in [6.45, 7) is 7.69. The van der Waals surface area contributed by atoms with E-state index in [4.69, 9.17) is 14.5 Å². The van der Waals surface area contributed by atoms with E-state index in [2.05, 4.69) is 46.7 Å². The number of benzene rings is 2. The first-order chi connectivity index (χ1) is 14.7. The predicted molar refractivity (Wildman–Crippen MR) is 138 cm³/mol. The molecule has 0 saturated heterocycles. The zero-order valence-corrected chi connectivity index (χ0v) is 21.1. The van der Waals surface area contributed by atoms with Gasteiger partial charge in [0.15, 0.2) is 17.5 Å². The maximum atomic E-state index is 5.38. The fourth-order valence-electron chi connectivity index (χ4n) is 3.75. The number of nitrogens with zero attached hydrogens (tertiary/aromatic N) is 2. The molecule has 0 spiro atoms. The summed E-state index contributed by atoms with van der Waals surface area (Å²) in [5.74, 6) is 2.30. The molecule has 6 nitrogen and oxygen atoms in total. The van der Waals surface area contributed by atoms with Crippen LogP contribution in [0.25, 0.3) is 0 Å². The molecular formula is C24H35IN4O2. The molecule has 0 unspecified atom stereocenters. The van der Waals surface area contributed by atoms with E-state index in [1.807, 2.05) is 18.2 Å². The van der Waals surface area contributed by atoms with Crippen molar-refractivity contribution in [3.63, 3.8) is 0 Å². The number of hydrogen-bond acceptors (Lipinski definition) is 4. The predicted octanol–water partition coefficient (Wildman–Crippen LogP) is 3.83. The van der Waals surface area contributed by atoms with E-state index < -0.39 is 0 Å². The minimum absolute atomic E-state index is 0. The third-order valence-electron chi connectivity index (χ3n) is 5.37. The van der Waals surface area contributed by atoms with Crippen LogP contribution in [-0.2, 0) is 19.5 Å². The molecule has 0 fully saturated rings. The molecule has 1 aliphatic rings. The van der Waals surface area contributed by atoms with E-state index >= 15 is 0 Å². The van der Waals surface area contributed by atoms with Crippen molar-refractivity contribution in [2.24, 2.45) is 4.99 Å².